The maximum atomic E-state index is 6.23. The lowest BCUT2D eigenvalue weighted by atomic mass is 9.69. The van der Waals surface area contributed by atoms with Crippen molar-refractivity contribution in [3.05, 3.63) is 95.1 Å². The standard InChI is InChI=1S/C35H45NO2/c1-6-33(37-5)26-20-22-36(23-21-26)29-15-12-27(13-16-29)34-31(25-10-8-7-9-11-25)18-14-28-24-30(17-19-32(28)34)38-35(2,3)4/h7-13,15-17,19,24,26,31,33-34H,6,14,18,20-23H2,1-5H3/t31-,33?,34+/m1/s1. The Morgan fingerprint density at radius 3 is 2.21 bits per heavy atom. The van der Waals surface area contributed by atoms with Gasteiger partial charge in [-0.1, -0.05) is 55.5 Å². The number of piperidine rings is 1. The molecule has 0 aromatic heterocycles. The zero-order valence-corrected chi connectivity index (χ0v) is 24.0. The maximum absolute atomic E-state index is 6.23. The molecular weight excluding hydrogens is 466 g/mol. The van der Waals surface area contributed by atoms with Gasteiger partial charge in [-0.3, -0.25) is 0 Å². The molecule has 3 heteroatoms. The number of ether oxygens (including phenoxy) is 2. The molecule has 1 unspecified atom stereocenters. The van der Waals surface area contributed by atoms with Crippen molar-refractivity contribution in [1.82, 2.24) is 0 Å². The summed E-state index contributed by atoms with van der Waals surface area (Å²) >= 11 is 0. The quantitative estimate of drug-likeness (QED) is 0.318. The number of hydrogen-bond donors (Lipinski definition) is 0. The summed E-state index contributed by atoms with van der Waals surface area (Å²) in [6.45, 7) is 10.8. The molecule has 38 heavy (non-hydrogen) atoms. The zero-order valence-electron chi connectivity index (χ0n) is 24.0. The summed E-state index contributed by atoms with van der Waals surface area (Å²) in [4.78, 5) is 2.56. The molecule has 0 radical (unpaired) electrons. The first-order valence-corrected chi connectivity index (χ1v) is 14.6. The molecular formula is C35H45NO2. The van der Waals surface area contributed by atoms with Crippen LogP contribution in [0, 0.1) is 5.92 Å². The van der Waals surface area contributed by atoms with Crippen molar-refractivity contribution in [1.29, 1.82) is 0 Å². The molecule has 5 rings (SSSR count). The van der Waals surface area contributed by atoms with Crippen molar-refractivity contribution in [2.24, 2.45) is 5.92 Å². The van der Waals surface area contributed by atoms with E-state index in [9.17, 15) is 0 Å². The van der Waals surface area contributed by atoms with E-state index in [1.165, 1.54) is 40.8 Å². The van der Waals surface area contributed by atoms with Gasteiger partial charge in [-0.15, -0.1) is 0 Å². The van der Waals surface area contributed by atoms with Crippen LogP contribution in [0.15, 0.2) is 72.8 Å². The number of aryl methyl sites for hydroxylation is 1. The molecule has 0 N–H and O–H groups in total. The fourth-order valence-corrected chi connectivity index (χ4v) is 6.80. The molecule has 1 aliphatic heterocycles. The Balaban J connectivity index is 1.41. The van der Waals surface area contributed by atoms with Crippen LogP contribution in [0.2, 0.25) is 0 Å². The van der Waals surface area contributed by atoms with Crippen LogP contribution in [0.25, 0.3) is 0 Å². The van der Waals surface area contributed by atoms with E-state index in [0.29, 0.717) is 23.9 Å². The van der Waals surface area contributed by atoms with Crippen molar-refractivity contribution in [3.8, 4) is 5.75 Å². The van der Waals surface area contributed by atoms with Gasteiger partial charge in [-0.05, 0) is 111 Å². The molecule has 1 fully saturated rings. The van der Waals surface area contributed by atoms with E-state index in [4.69, 9.17) is 9.47 Å². The second-order valence-corrected chi connectivity index (χ2v) is 12.2. The molecule has 0 saturated carbocycles. The Bertz CT molecular complexity index is 1170. The summed E-state index contributed by atoms with van der Waals surface area (Å²) in [5.41, 5.74) is 6.88. The molecule has 0 bridgehead atoms. The Hall–Kier alpha value is -2.78. The molecule has 3 aromatic carbocycles. The van der Waals surface area contributed by atoms with Crippen LogP contribution in [0.5, 0.6) is 5.75 Å². The van der Waals surface area contributed by atoms with Gasteiger partial charge in [0.25, 0.3) is 0 Å². The molecule has 2 aliphatic rings. The van der Waals surface area contributed by atoms with Gasteiger partial charge < -0.3 is 14.4 Å². The van der Waals surface area contributed by atoms with Gasteiger partial charge >= 0.3 is 0 Å². The summed E-state index contributed by atoms with van der Waals surface area (Å²) in [6.07, 6.45) is 6.15. The SMILES string of the molecule is CCC(OC)C1CCN(c2ccc([C@@H]3c4ccc(OC(C)(C)C)cc4CC[C@@H]3c3ccccc3)cc2)CC1. The van der Waals surface area contributed by atoms with Gasteiger partial charge in [0.1, 0.15) is 11.4 Å². The first-order chi connectivity index (χ1) is 18.4. The minimum absolute atomic E-state index is 0.194. The maximum Gasteiger partial charge on any atom is 0.120 e. The van der Waals surface area contributed by atoms with E-state index in [0.717, 1.165) is 38.1 Å². The highest BCUT2D eigenvalue weighted by Gasteiger charge is 2.33. The molecule has 0 amide bonds. The molecule has 1 heterocycles. The predicted octanol–water partition coefficient (Wildman–Crippen LogP) is 8.37. The number of anilines is 1. The first-order valence-electron chi connectivity index (χ1n) is 14.6. The van der Waals surface area contributed by atoms with Crippen LogP contribution < -0.4 is 9.64 Å². The third-order valence-corrected chi connectivity index (χ3v) is 8.62. The smallest absolute Gasteiger partial charge is 0.120 e. The van der Waals surface area contributed by atoms with Crippen molar-refractivity contribution >= 4 is 5.69 Å². The van der Waals surface area contributed by atoms with Crippen LogP contribution in [0.3, 0.4) is 0 Å². The predicted molar refractivity (Wildman–Crippen MR) is 159 cm³/mol. The van der Waals surface area contributed by atoms with Crippen molar-refractivity contribution < 1.29 is 9.47 Å². The summed E-state index contributed by atoms with van der Waals surface area (Å²) in [6, 6.07) is 27.4. The fraction of sp³-hybridized carbons (Fsp3) is 0.486. The van der Waals surface area contributed by atoms with E-state index in [1.807, 2.05) is 7.11 Å². The lowest BCUT2D eigenvalue weighted by Gasteiger charge is -2.37. The van der Waals surface area contributed by atoms with E-state index < -0.39 is 0 Å². The first kappa shape index (κ1) is 26.8. The molecule has 3 nitrogen and oxygen atoms in total. The number of hydrogen-bond acceptors (Lipinski definition) is 3. The number of fused-ring (bicyclic) bond motifs is 1. The summed E-state index contributed by atoms with van der Waals surface area (Å²) < 4.78 is 12.0. The second-order valence-electron chi connectivity index (χ2n) is 12.2. The minimum Gasteiger partial charge on any atom is -0.488 e. The lowest BCUT2D eigenvalue weighted by molar-refractivity contribution is 0.0393. The second kappa shape index (κ2) is 11.5. The third kappa shape index (κ3) is 5.94. The average molecular weight is 512 g/mol. The highest BCUT2D eigenvalue weighted by Crippen LogP contribution is 2.47. The number of methoxy groups -OCH3 is 1. The summed E-state index contributed by atoms with van der Waals surface area (Å²) in [7, 11) is 1.86. The van der Waals surface area contributed by atoms with Crippen molar-refractivity contribution in [2.45, 2.75) is 83.3 Å². The van der Waals surface area contributed by atoms with Gasteiger partial charge in [0.05, 0.1) is 6.10 Å². The number of benzene rings is 3. The Morgan fingerprint density at radius 2 is 1.58 bits per heavy atom. The van der Waals surface area contributed by atoms with E-state index in [1.54, 1.807) is 0 Å². The highest BCUT2D eigenvalue weighted by molar-refractivity contribution is 5.53. The molecule has 0 spiro atoms. The largest absolute Gasteiger partial charge is 0.488 e. The number of nitrogens with zero attached hydrogens (tertiary/aromatic N) is 1. The normalized spacial score (nSPS) is 21.1. The van der Waals surface area contributed by atoms with E-state index >= 15 is 0 Å². The van der Waals surface area contributed by atoms with Crippen LogP contribution in [0.4, 0.5) is 5.69 Å². The Kier molecular flexibility index (Phi) is 8.14. The average Bonchev–Trinajstić information content (AvgIpc) is 2.93. The minimum atomic E-state index is -0.194. The summed E-state index contributed by atoms with van der Waals surface area (Å²) in [5.74, 6) is 2.47. The van der Waals surface area contributed by atoms with Gasteiger partial charge in [0.15, 0.2) is 0 Å². The van der Waals surface area contributed by atoms with E-state index in [2.05, 4.69) is 105 Å². The van der Waals surface area contributed by atoms with Crippen molar-refractivity contribution in [3.63, 3.8) is 0 Å². The topological polar surface area (TPSA) is 21.7 Å². The molecule has 1 saturated heterocycles. The fourth-order valence-electron chi connectivity index (χ4n) is 6.80. The van der Waals surface area contributed by atoms with Crippen molar-refractivity contribution in [2.75, 3.05) is 25.1 Å². The molecule has 3 aromatic rings. The molecule has 1 aliphatic carbocycles. The van der Waals surface area contributed by atoms with E-state index in [-0.39, 0.29) is 5.60 Å². The van der Waals surface area contributed by atoms with Crippen LogP contribution in [0.1, 0.15) is 87.5 Å². The van der Waals surface area contributed by atoms with Gasteiger partial charge in [-0.25, -0.2) is 0 Å². The van der Waals surface area contributed by atoms with Gasteiger partial charge in [-0.2, -0.15) is 0 Å². The third-order valence-electron chi connectivity index (χ3n) is 8.62. The molecule has 202 valence electrons. The Labute approximate surface area is 230 Å². The van der Waals surface area contributed by atoms with Crippen LogP contribution in [-0.4, -0.2) is 31.9 Å². The highest BCUT2D eigenvalue weighted by atomic mass is 16.5. The summed E-state index contributed by atoms with van der Waals surface area (Å²) in [5, 5.41) is 0. The van der Waals surface area contributed by atoms with Crippen LogP contribution >= 0.6 is 0 Å². The zero-order chi connectivity index (χ0) is 26.7. The number of rotatable bonds is 7. The monoisotopic (exact) mass is 511 g/mol. The van der Waals surface area contributed by atoms with Crippen LogP contribution in [-0.2, 0) is 11.2 Å². The van der Waals surface area contributed by atoms with Gasteiger partial charge in [0.2, 0.25) is 0 Å². The lowest BCUT2D eigenvalue weighted by Crippen LogP contribution is -2.38. The Morgan fingerprint density at radius 1 is 0.868 bits per heavy atom. The van der Waals surface area contributed by atoms with Gasteiger partial charge in [0, 0.05) is 31.8 Å². The molecule has 3 atom stereocenters.